The first-order chi connectivity index (χ1) is 9.45. The van der Waals surface area contributed by atoms with Gasteiger partial charge in [0.15, 0.2) is 17.8 Å². The third kappa shape index (κ3) is 4.86. The Morgan fingerprint density at radius 1 is 1.05 bits per heavy atom. The van der Waals surface area contributed by atoms with Crippen LogP contribution in [0.5, 0.6) is 17.2 Å². The molecule has 7 nitrogen and oxygen atoms in total. The van der Waals surface area contributed by atoms with E-state index in [0.717, 1.165) is 0 Å². The van der Waals surface area contributed by atoms with Crippen LogP contribution in [0.4, 0.5) is 0 Å². The first kappa shape index (κ1) is 16.5. The molecule has 0 aliphatic heterocycles. The summed E-state index contributed by atoms with van der Waals surface area (Å²) in [5, 5.41) is 46.5. The van der Waals surface area contributed by atoms with E-state index >= 15 is 0 Å². The van der Waals surface area contributed by atoms with Crippen molar-refractivity contribution in [3.8, 4) is 17.2 Å². The van der Waals surface area contributed by atoms with Crippen LogP contribution in [0, 0.1) is 0 Å². The number of phenols is 2. The van der Waals surface area contributed by atoms with Gasteiger partial charge < -0.3 is 35.0 Å². The summed E-state index contributed by atoms with van der Waals surface area (Å²) in [6, 6.07) is 3.98. The second kappa shape index (κ2) is 7.91. The maximum Gasteiger partial charge on any atom is 0.183 e. The Hall–Kier alpha value is -1.54. The molecule has 1 aromatic carbocycles. The molecule has 1 aromatic rings. The lowest BCUT2D eigenvalue weighted by atomic mass is 10.1. The van der Waals surface area contributed by atoms with Gasteiger partial charge in [-0.25, -0.2) is 0 Å². The number of hydrogen-bond acceptors (Lipinski definition) is 7. The Balaban J connectivity index is 2.29. The number of aliphatic hydroxyl groups is 3. The molecule has 0 aromatic heterocycles. The molecule has 5 N–H and O–H groups in total. The summed E-state index contributed by atoms with van der Waals surface area (Å²) in [5.74, 6) is -0.224. The Morgan fingerprint density at radius 3 is 2.35 bits per heavy atom. The lowest BCUT2D eigenvalue weighted by Gasteiger charge is -2.22. The average Bonchev–Trinajstić information content (AvgIpc) is 2.45. The molecular formula is C13H20O7. The summed E-state index contributed by atoms with van der Waals surface area (Å²) in [6.45, 7) is 1.72. The van der Waals surface area contributed by atoms with Gasteiger partial charge >= 0.3 is 0 Å². The molecule has 0 aliphatic carbocycles. The molecule has 0 fully saturated rings. The molecule has 3 unspecified atom stereocenters. The number of benzene rings is 1. The maximum atomic E-state index is 9.44. The molecule has 0 saturated heterocycles. The Morgan fingerprint density at radius 2 is 1.75 bits per heavy atom. The van der Waals surface area contributed by atoms with Crippen molar-refractivity contribution >= 4 is 0 Å². The summed E-state index contributed by atoms with van der Waals surface area (Å²) in [4.78, 5) is 0. The monoisotopic (exact) mass is 288 g/mol. The second-order valence-corrected chi connectivity index (χ2v) is 4.23. The van der Waals surface area contributed by atoms with E-state index in [1.165, 1.54) is 18.2 Å². The van der Waals surface area contributed by atoms with Gasteiger partial charge in [-0.15, -0.1) is 0 Å². The molecule has 0 amide bonds. The van der Waals surface area contributed by atoms with Crippen molar-refractivity contribution < 1.29 is 35.0 Å². The SMILES string of the molecule is CCC(O)C(O)C(O)OCCOc1ccc(O)c(O)c1. The van der Waals surface area contributed by atoms with Crippen molar-refractivity contribution in [1.82, 2.24) is 0 Å². The van der Waals surface area contributed by atoms with Gasteiger partial charge in [0.25, 0.3) is 0 Å². The highest BCUT2D eigenvalue weighted by atomic mass is 16.6. The van der Waals surface area contributed by atoms with E-state index in [1.807, 2.05) is 0 Å². The van der Waals surface area contributed by atoms with Gasteiger partial charge in [0, 0.05) is 6.07 Å². The lowest BCUT2D eigenvalue weighted by molar-refractivity contribution is -0.190. The fourth-order valence-electron chi connectivity index (χ4n) is 1.45. The number of phenolic OH excluding ortho intramolecular Hbond substituents is 2. The molecule has 1 rings (SSSR count). The molecule has 3 atom stereocenters. The molecule has 20 heavy (non-hydrogen) atoms. The van der Waals surface area contributed by atoms with Crippen molar-refractivity contribution in [2.45, 2.75) is 31.8 Å². The fraction of sp³-hybridized carbons (Fsp3) is 0.538. The van der Waals surface area contributed by atoms with Crippen LogP contribution < -0.4 is 4.74 Å². The second-order valence-electron chi connectivity index (χ2n) is 4.23. The molecule has 114 valence electrons. The maximum absolute atomic E-state index is 9.44. The van der Waals surface area contributed by atoms with Gasteiger partial charge in [-0.1, -0.05) is 6.92 Å². The van der Waals surface area contributed by atoms with E-state index in [4.69, 9.17) is 14.6 Å². The van der Waals surface area contributed by atoms with E-state index < -0.39 is 18.5 Å². The summed E-state index contributed by atoms with van der Waals surface area (Å²) in [7, 11) is 0. The minimum absolute atomic E-state index is 0.0176. The van der Waals surface area contributed by atoms with Crippen LogP contribution in [0.1, 0.15) is 13.3 Å². The average molecular weight is 288 g/mol. The summed E-state index contributed by atoms with van der Waals surface area (Å²) in [6.07, 6.45) is -3.63. The molecular weight excluding hydrogens is 268 g/mol. The highest BCUT2D eigenvalue weighted by Crippen LogP contribution is 2.28. The van der Waals surface area contributed by atoms with Crippen LogP contribution in [0.3, 0.4) is 0 Å². The van der Waals surface area contributed by atoms with Crippen molar-refractivity contribution in [3.63, 3.8) is 0 Å². The molecule has 7 heteroatoms. The zero-order valence-electron chi connectivity index (χ0n) is 11.1. The zero-order chi connectivity index (χ0) is 15.1. The summed E-state index contributed by atoms with van der Waals surface area (Å²) in [5.41, 5.74) is 0. The van der Waals surface area contributed by atoms with Gasteiger partial charge in [0.1, 0.15) is 18.5 Å². The molecule has 0 radical (unpaired) electrons. The van der Waals surface area contributed by atoms with Gasteiger partial charge in [0.05, 0.1) is 12.7 Å². The van der Waals surface area contributed by atoms with E-state index in [2.05, 4.69) is 0 Å². The molecule has 0 bridgehead atoms. The topological polar surface area (TPSA) is 120 Å². The van der Waals surface area contributed by atoms with E-state index in [-0.39, 0.29) is 24.7 Å². The van der Waals surface area contributed by atoms with Crippen molar-refractivity contribution in [2.24, 2.45) is 0 Å². The van der Waals surface area contributed by atoms with E-state index in [0.29, 0.717) is 12.2 Å². The van der Waals surface area contributed by atoms with Gasteiger partial charge in [-0.3, -0.25) is 0 Å². The largest absolute Gasteiger partial charge is 0.504 e. The Bertz CT molecular complexity index is 410. The minimum Gasteiger partial charge on any atom is -0.504 e. The highest BCUT2D eigenvalue weighted by molar-refractivity contribution is 5.43. The molecule has 0 aliphatic rings. The Labute approximate surface area is 116 Å². The normalized spacial score (nSPS) is 15.6. The Kier molecular flexibility index (Phi) is 6.53. The number of ether oxygens (including phenoxy) is 2. The van der Waals surface area contributed by atoms with Gasteiger partial charge in [0.2, 0.25) is 0 Å². The van der Waals surface area contributed by atoms with Crippen LogP contribution in [0.15, 0.2) is 18.2 Å². The quantitative estimate of drug-likeness (QED) is 0.258. The van der Waals surface area contributed by atoms with Crippen molar-refractivity contribution in [1.29, 1.82) is 0 Å². The standard InChI is InChI=1S/C13H20O7/c1-2-9(14)12(17)13(18)20-6-5-19-8-3-4-10(15)11(16)7-8/h3-4,7,9,12-18H,2,5-6H2,1H3. The number of aromatic hydroxyl groups is 2. The van der Waals surface area contributed by atoms with Crippen LogP contribution in [-0.4, -0.2) is 57.2 Å². The van der Waals surface area contributed by atoms with E-state index in [1.54, 1.807) is 6.92 Å². The van der Waals surface area contributed by atoms with Crippen LogP contribution in [0.2, 0.25) is 0 Å². The van der Waals surface area contributed by atoms with Crippen LogP contribution in [-0.2, 0) is 4.74 Å². The predicted molar refractivity (Wildman–Crippen MR) is 69.5 cm³/mol. The summed E-state index contributed by atoms with van der Waals surface area (Å²) >= 11 is 0. The smallest absolute Gasteiger partial charge is 0.183 e. The van der Waals surface area contributed by atoms with Gasteiger partial charge in [-0.2, -0.15) is 0 Å². The number of aliphatic hydroxyl groups excluding tert-OH is 3. The van der Waals surface area contributed by atoms with Gasteiger partial charge in [-0.05, 0) is 18.6 Å². The van der Waals surface area contributed by atoms with Crippen LogP contribution >= 0.6 is 0 Å². The highest BCUT2D eigenvalue weighted by Gasteiger charge is 2.23. The fourth-order valence-corrected chi connectivity index (χ4v) is 1.45. The van der Waals surface area contributed by atoms with Crippen LogP contribution in [0.25, 0.3) is 0 Å². The number of rotatable bonds is 8. The first-order valence-corrected chi connectivity index (χ1v) is 6.26. The van der Waals surface area contributed by atoms with E-state index in [9.17, 15) is 20.4 Å². The third-order valence-corrected chi connectivity index (χ3v) is 2.69. The molecule has 0 saturated carbocycles. The third-order valence-electron chi connectivity index (χ3n) is 2.69. The summed E-state index contributed by atoms with van der Waals surface area (Å²) < 4.78 is 10.1. The number of hydrogen-bond donors (Lipinski definition) is 5. The lowest BCUT2D eigenvalue weighted by Crippen LogP contribution is -2.39. The first-order valence-electron chi connectivity index (χ1n) is 6.26. The molecule has 0 spiro atoms. The van der Waals surface area contributed by atoms with Crippen molar-refractivity contribution in [3.05, 3.63) is 18.2 Å². The molecule has 0 heterocycles. The van der Waals surface area contributed by atoms with Crippen molar-refractivity contribution in [2.75, 3.05) is 13.2 Å². The predicted octanol–water partition coefficient (Wildman–Crippen LogP) is -0.0566. The minimum atomic E-state index is -1.50. The zero-order valence-corrected chi connectivity index (χ0v) is 11.1.